The smallest absolute Gasteiger partial charge is 0.421 e. The molecule has 0 aliphatic carbocycles. The topological polar surface area (TPSA) is 122 Å². The van der Waals surface area contributed by atoms with Gasteiger partial charge in [0.05, 0.1) is 17.8 Å². The summed E-state index contributed by atoms with van der Waals surface area (Å²) < 4.78 is 44.0. The van der Waals surface area contributed by atoms with Gasteiger partial charge < -0.3 is 26.2 Å². The van der Waals surface area contributed by atoms with E-state index >= 15 is 0 Å². The second-order valence-corrected chi connectivity index (χ2v) is 6.03. The van der Waals surface area contributed by atoms with Gasteiger partial charge in [0.2, 0.25) is 5.95 Å². The van der Waals surface area contributed by atoms with Crippen LogP contribution < -0.4 is 21.1 Å². The van der Waals surface area contributed by atoms with Crippen LogP contribution in [0.2, 0.25) is 5.02 Å². The molecule has 0 amide bonds. The second-order valence-electron chi connectivity index (χ2n) is 5.62. The first-order valence-corrected chi connectivity index (χ1v) is 8.18. The summed E-state index contributed by atoms with van der Waals surface area (Å²) in [6, 6.07) is 1.75. The van der Waals surface area contributed by atoms with Gasteiger partial charge in [0, 0.05) is 25.7 Å². The molecule has 28 heavy (non-hydrogen) atoms. The van der Waals surface area contributed by atoms with Crippen LogP contribution in [-0.4, -0.2) is 41.2 Å². The van der Waals surface area contributed by atoms with Gasteiger partial charge in [0.1, 0.15) is 23.2 Å². The van der Waals surface area contributed by atoms with Crippen molar-refractivity contribution < 1.29 is 27.8 Å². The van der Waals surface area contributed by atoms with Crippen molar-refractivity contribution in [2.75, 3.05) is 24.8 Å². The predicted molar refractivity (Wildman–Crippen MR) is 97.2 cm³/mol. The number of nitrogens with zero attached hydrogens (tertiary/aromatic N) is 2. The van der Waals surface area contributed by atoms with Gasteiger partial charge in [0.15, 0.2) is 0 Å². The number of nitrogens with two attached hydrogens (primary N) is 1. The minimum atomic E-state index is -4.61. The highest BCUT2D eigenvalue weighted by Gasteiger charge is 2.35. The van der Waals surface area contributed by atoms with Gasteiger partial charge in [-0.2, -0.15) is 18.2 Å². The number of carbonyl (C=O) groups is 1. The molecule has 0 saturated carbocycles. The average Bonchev–Trinajstić information content (AvgIpc) is 2.62. The summed E-state index contributed by atoms with van der Waals surface area (Å²) in [4.78, 5) is 18.4. The first kappa shape index (κ1) is 21.5. The second kappa shape index (κ2) is 8.48. The maximum absolute atomic E-state index is 12.9. The summed E-state index contributed by atoms with van der Waals surface area (Å²) in [7, 11) is 2.67. The minimum absolute atomic E-state index is 0.0286. The van der Waals surface area contributed by atoms with Gasteiger partial charge in [-0.25, -0.2) is 4.98 Å². The molecule has 1 aromatic carbocycles. The third-order valence-corrected chi connectivity index (χ3v) is 4.02. The fourth-order valence-corrected chi connectivity index (χ4v) is 2.56. The Morgan fingerprint density at radius 1 is 1.43 bits per heavy atom. The minimum Gasteiger partial charge on any atom is -0.496 e. The van der Waals surface area contributed by atoms with Crippen molar-refractivity contribution in [1.82, 2.24) is 9.97 Å². The number of alkyl halides is 3. The Morgan fingerprint density at radius 2 is 2.11 bits per heavy atom. The molecular formula is C16H17ClF3N5O3. The molecule has 2 rings (SSSR count). The fourth-order valence-electron chi connectivity index (χ4n) is 2.32. The monoisotopic (exact) mass is 419 g/mol. The Labute approximate surface area is 162 Å². The van der Waals surface area contributed by atoms with Gasteiger partial charge in [-0.1, -0.05) is 11.6 Å². The Balaban J connectivity index is 2.35. The first-order valence-electron chi connectivity index (χ1n) is 7.80. The van der Waals surface area contributed by atoms with Gasteiger partial charge >= 0.3 is 12.1 Å². The third kappa shape index (κ3) is 4.93. The average molecular weight is 420 g/mol. The van der Waals surface area contributed by atoms with E-state index in [1.165, 1.54) is 26.3 Å². The molecule has 8 nitrogen and oxygen atoms in total. The van der Waals surface area contributed by atoms with E-state index in [1.807, 2.05) is 0 Å². The highest BCUT2D eigenvalue weighted by molar-refractivity contribution is 6.33. The standard InChI is InChI=1S/C16H17ClF3N5O3/c1-22-13-8(16(18,19)20)6-23-15(25-13)24-11-5-12(28-2)7(3-9(11)17)4-10(21)14(26)27/h3,5-6,10H,4,21H2,1-2H3,(H,26,27)(H2,22,23,24,25). The summed E-state index contributed by atoms with van der Waals surface area (Å²) in [6.07, 6.45) is -3.99. The zero-order chi connectivity index (χ0) is 21.1. The van der Waals surface area contributed by atoms with Crippen molar-refractivity contribution in [2.24, 2.45) is 5.73 Å². The Bertz CT molecular complexity index is 879. The quantitative estimate of drug-likeness (QED) is 0.540. The largest absolute Gasteiger partial charge is 0.496 e. The van der Waals surface area contributed by atoms with E-state index in [-0.39, 0.29) is 23.1 Å². The van der Waals surface area contributed by atoms with E-state index < -0.39 is 29.6 Å². The molecule has 0 spiro atoms. The lowest BCUT2D eigenvalue weighted by Gasteiger charge is -2.16. The predicted octanol–water partition coefficient (Wildman–Crippen LogP) is 2.90. The number of aliphatic carboxylic acids is 1. The van der Waals surface area contributed by atoms with Crippen molar-refractivity contribution in [3.8, 4) is 5.75 Å². The number of halogens is 4. The summed E-state index contributed by atoms with van der Waals surface area (Å²) in [6.45, 7) is 0. The molecule has 0 saturated heterocycles. The number of anilines is 3. The molecule has 1 unspecified atom stereocenters. The van der Waals surface area contributed by atoms with E-state index in [0.717, 1.165) is 0 Å². The molecule has 152 valence electrons. The molecular weight excluding hydrogens is 403 g/mol. The number of carboxylic acid groups (broad SMARTS) is 1. The van der Waals surface area contributed by atoms with Crippen molar-refractivity contribution in [3.63, 3.8) is 0 Å². The fraction of sp³-hybridized carbons (Fsp3) is 0.312. The van der Waals surface area contributed by atoms with Crippen LogP contribution in [0.4, 0.5) is 30.6 Å². The molecule has 2 aromatic rings. The van der Waals surface area contributed by atoms with E-state index in [1.54, 1.807) is 0 Å². The van der Waals surface area contributed by atoms with Crippen LogP contribution in [0.1, 0.15) is 11.1 Å². The van der Waals surface area contributed by atoms with Crippen molar-refractivity contribution >= 4 is 35.0 Å². The van der Waals surface area contributed by atoms with Crippen LogP contribution in [0.15, 0.2) is 18.3 Å². The van der Waals surface area contributed by atoms with Gasteiger partial charge in [0.25, 0.3) is 0 Å². The third-order valence-electron chi connectivity index (χ3n) is 3.70. The van der Waals surface area contributed by atoms with E-state index in [9.17, 15) is 18.0 Å². The number of benzene rings is 1. The molecule has 0 aliphatic rings. The molecule has 1 heterocycles. The van der Waals surface area contributed by atoms with E-state index in [2.05, 4.69) is 20.6 Å². The zero-order valence-corrected chi connectivity index (χ0v) is 15.5. The SMILES string of the molecule is CNc1nc(Nc2cc(OC)c(CC(N)C(=O)O)cc2Cl)ncc1C(F)(F)F. The number of hydrogen-bond acceptors (Lipinski definition) is 7. The number of aromatic nitrogens is 2. The lowest BCUT2D eigenvalue weighted by molar-refractivity contribution is -0.139. The van der Waals surface area contributed by atoms with Crippen LogP contribution in [0.25, 0.3) is 0 Å². The van der Waals surface area contributed by atoms with Crippen LogP contribution >= 0.6 is 11.6 Å². The van der Waals surface area contributed by atoms with Crippen molar-refractivity contribution in [2.45, 2.75) is 18.6 Å². The highest BCUT2D eigenvalue weighted by atomic mass is 35.5. The number of hydrogen-bond donors (Lipinski definition) is 4. The maximum Gasteiger partial charge on any atom is 0.421 e. The summed E-state index contributed by atoms with van der Waals surface area (Å²) in [5.74, 6) is -1.42. The normalized spacial score (nSPS) is 12.4. The zero-order valence-electron chi connectivity index (χ0n) is 14.8. The number of ether oxygens (including phenoxy) is 1. The van der Waals surface area contributed by atoms with Crippen LogP contribution in [0.3, 0.4) is 0 Å². The Hall–Kier alpha value is -2.79. The molecule has 0 bridgehead atoms. The molecule has 1 atom stereocenters. The molecule has 1 aromatic heterocycles. The molecule has 5 N–H and O–H groups in total. The molecule has 12 heteroatoms. The highest BCUT2D eigenvalue weighted by Crippen LogP contribution is 2.36. The van der Waals surface area contributed by atoms with Gasteiger partial charge in [-0.15, -0.1) is 0 Å². The molecule has 0 aliphatic heterocycles. The lowest BCUT2D eigenvalue weighted by Crippen LogP contribution is -2.32. The number of methoxy groups -OCH3 is 1. The summed E-state index contributed by atoms with van der Waals surface area (Å²) in [5.41, 5.74) is 5.23. The molecule has 0 radical (unpaired) electrons. The van der Waals surface area contributed by atoms with Crippen LogP contribution in [-0.2, 0) is 17.4 Å². The number of rotatable bonds is 7. The van der Waals surface area contributed by atoms with E-state index in [0.29, 0.717) is 17.5 Å². The lowest BCUT2D eigenvalue weighted by atomic mass is 10.0. The summed E-state index contributed by atoms with van der Waals surface area (Å²) >= 11 is 6.19. The first-order chi connectivity index (χ1) is 13.1. The van der Waals surface area contributed by atoms with Gasteiger partial charge in [-0.05, 0) is 11.6 Å². The summed E-state index contributed by atoms with van der Waals surface area (Å²) in [5, 5.41) is 14.2. The van der Waals surface area contributed by atoms with Crippen molar-refractivity contribution in [3.05, 3.63) is 34.5 Å². The van der Waals surface area contributed by atoms with Gasteiger partial charge in [-0.3, -0.25) is 4.79 Å². The van der Waals surface area contributed by atoms with Crippen molar-refractivity contribution in [1.29, 1.82) is 0 Å². The van der Waals surface area contributed by atoms with Crippen LogP contribution in [0.5, 0.6) is 5.75 Å². The number of carboxylic acids is 1. The maximum atomic E-state index is 12.9. The Kier molecular flexibility index (Phi) is 6.52. The van der Waals surface area contributed by atoms with E-state index in [4.69, 9.17) is 27.2 Å². The van der Waals surface area contributed by atoms with Crippen LogP contribution in [0, 0.1) is 0 Å². The Morgan fingerprint density at radius 3 is 2.64 bits per heavy atom. The molecule has 0 fully saturated rings. The number of nitrogens with one attached hydrogen (secondary N) is 2.